The quantitative estimate of drug-likeness (QED) is 0.894. The second-order valence-electron chi connectivity index (χ2n) is 4.41. The Labute approximate surface area is 105 Å². The Bertz CT molecular complexity index is 392. The van der Waals surface area contributed by atoms with E-state index in [0.717, 1.165) is 42.9 Å². The van der Waals surface area contributed by atoms with Crippen molar-refractivity contribution in [2.45, 2.75) is 45.2 Å². The largest absolute Gasteiger partial charge is 0.480 e. The summed E-state index contributed by atoms with van der Waals surface area (Å²) in [4.78, 5) is 17.7. The van der Waals surface area contributed by atoms with Gasteiger partial charge in [0, 0.05) is 11.9 Å². The topological polar surface area (TPSA) is 53.4 Å². The monoisotopic (exact) mass is 254 g/mol. The Morgan fingerprint density at radius 2 is 2.47 bits per heavy atom. The number of aromatic nitrogens is 1. The van der Waals surface area contributed by atoms with Gasteiger partial charge in [0.05, 0.1) is 10.7 Å². The van der Waals surface area contributed by atoms with E-state index in [1.807, 2.05) is 10.3 Å². The zero-order valence-corrected chi connectivity index (χ0v) is 10.9. The van der Waals surface area contributed by atoms with Gasteiger partial charge in [-0.05, 0) is 25.8 Å². The van der Waals surface area contributed by atoms with Gasteiger partial charge in [-0.2, -0.15) is 0 Å². The minimum absolute atomic E-state index is 0.324. The highest BCUT2D eigenvalue weighted by Gasteiger charge is 2.28. The molecule has 94 valence electrons. The Morgan fingerprint density at radius 1 is 1.65 bits per heavy atom. The number of carboxylic acid groups (broad SMARTS) is 1. The van der Waals surface area contributed by atoms with Crippen LogP contribution in [0, 0.1) is 0 Å². The summed E-state index contributed by atoms with van der Waals surface area (Å²) >= 11 is 1.66. The maximum atomic E-state index is 11.2. The van der Waals surface area contributed by atoms with Crippen LogP contribution in [0.25, 0.3) is 0 Å². The van der Waals surface area contributed by atoms with Gasteiger partial charge >= 0.3 is 5.97 Å². The third-order valence-corrected chi connectivity index (χ3v) is 4.21. The first-order valence-corrected chi connectivity index (χ1v) is 6.98. The maximum Gasteiger partial charge on any atom is 0.320 e. The van der Waals surface area contributed by atoms with Gasteiger partial charge in [-0.25, -0.2) is 4.98 Å². The molecule has 0 radical (unpaired) electrons. The summed E-state index contributed by atoms with van der Waals surface area (Å²) in [5, 5.41) is 12.4. The molecule has 0 aliphatic carbocycles. The molecule has 1 fully saturated rings. The van der Waals surface area contributed by atoms with Crippen molar-refractivity contribution in [2.75, 3.05) is 6.54 Å². The van der Waals surface area contributed by atoms with Gasteiger partial charge in [0.15, 0.2) is 0 Å². The van der Waals surface area contributed by atoms with Gasteiger partial charge in [0.25, 0.3) is 0 Å². The van der Waals surface area contributed by atoms with Crippen LogP contribution in [0.1, 0.15) is 36.9 Å². The Morgan fingerprint density at radius 3 is 3.12 bits per heavy atom. The standard InChI is InChI=1S/C12H18N2O2S/c1-2-11-13-9(8-17-11)7-14-6-4-3-5-10(14)12(15)16/h8,10H,2-7H2,1H3,(H,15,16). The maximum absolute atomic E-state index is 11.2. The van der Waals surface area contributed by atoms with Crippen molar-refractivity contribution in [3.05, 3.63) is 16.1 Å². The molecule has 0 spiro atoms. The molecular weight excluding hydrogens is 236 g/mol. The number of aliphatic carboxylic acids is 1. The first kappa shape index (κ1) is 12.5. The lowest BCUT2D eigenvalue weighted by Crippen LogP contribution is -2.44. The Hall–Kier alpha value is -0.940. The van der Waals surface area contributed by atoms with Gasteiger partial charge < -0.3 is 5.11 Å². The van der Waals surface area contributed by atoms with Crippen molar-refractivity contribution in [2.24, 2.45) is 0 Å². The molecule has 1 unspecified atom stereocenters. The van der Waals surface area contributed by atoms with Crippen molar-refractivity contribution < 1.29 is 9.90 Å². The van der Waals surface area contributed by atoms with Crippen LogP contribution in [0.5, 0.6) is 0 Å². The van der Waals surface area contributed by atoms with Crippen LogP contribution >= 0.6 is 11.3 Å². The molecule has 1 N–H and O–H groups in total. The predicted molar refractivity (Wildman–Crippen MR) is 67.2 cm³/mol. The second kappa shape index (κ2) is 5.60. The molecule has 2 heterocycles. The fourth-order valence-corrected chi connectivity index (χ4v) is 2.99. The number of hydrogen-bond acceptors (Lipinski definition) is 4. The van der Waals surface area contributed by atoms with E-state index in [2.05, 4.69) is 11.9 Å². The zero-order valence-electron chi connectivity index (χ0n) is 10.1. The summed E-state index contributed by atoms with van der Waals surface area (Å²) in [6, 6.07) is -0.324. The molecule has 5 heteroatoms. The molecule has 1 atom stereocenters. The van der Waals surface area contributed by atoms with Crippen molar-refractivity contribution in [1.82, 2.24) is 9.88 Å². The fourth-order valence-electron chi connectivity index (χ4n) is 2.25. The summed E-state index contributed by atoms with van der Waals surface area (Å²) in [7, 11) is 0. The number of carboxylic acids is 1. The van der Waals surface area contributed by atoms with E-state index in [4.69, 9.17) is 0 Å². The average molecular weight is 254 g/mol. The third-order valence-electron chi connectivity index (χ3n) is 3.17. The van der Waals surface area contributed by atoms with E-state index in [0.29, 0.717) is 6.54 Å². The summed E-state index contributed by atoms with van der Waals surface area (Å²) in [6.07, 6.45) is 3.83. The lowest BCUT2D eigenvalue weighted by Gasteiger charge is -2.32. The van der Waals surface area contributed by atoms with E-state index < -0.39 is 5.97 Å². The van der Waals surface area contributed by atoms with Crippen molar-refractivity contribution in [1.29, 1.82) is 0 Å². The molecule has 1 saturated heterocycles. The number of nitrogens with zero attached hydrogens (tertiary/aromatic N) is 2. The van der Waals surface area contributed by atoms with Crippen molar-refractivity contribution >= 4 is 17.3 Å². The van der Waals surface area contributed by atoms with E-state index in [9.17, 15) is 9.90 Å². The number of hydrogen-bond donors (Lipinski definition) is 1. The SMILES string of the molecule is CCc1nc(CN2CCCCC2C(=O)O)cs1. The molecule has 17 heavy (non-hydrogen) atoms. The van der Waals surface area contributed by atoms with Crippen LogP contribution in [-0.4, -0.2) is 33.5 Å². The van der Waals surface area contributed by atoms with Crippen LogP contribution in [-0.2, 0) is 17.8 Å². The molecule has 4 nitrogen and oxygen atoms in total. The Kier molecular flexibility index (Phi) is 4.12. The first-order chi connectivity index (χ1) is 8.20. The minimum Gasteiger partial charge on any atom is -0.480 e. The van der Waals surface area contributed by atoms with E-state index >= 15 is 0 Å². The van der Waals surface area contributed by atoms with Gasteiger partial charge in [0.2, 0.25) is 0 Å². The fraction of sp³-hybridized carbons (Fsp3) is 0.667. The summed E-state index contributed by atoms with van der Waals surface area (Å²) in [6.45, 7) is 3.63. The number of likely N-dealkylation sites (tertiary alicyclic amines) is 1. The first-order valence-electron chi connectivity index (χ1n) is 6.11. The molecular formula is C12H18N2O2S. The predicted octanol–water partition coefficient (Wildman–Crippen LogP) is 2.14. The minimum atomic E-state index is -0.698. The van der Waals surface area contributed by atoms with Gasteiger partial charge in [0.1, 0.15) is 6.04 Å². The normalized spacial score (nSPS) is 21.6. The van der Waals surface area contributed by atoms with Gasteiger partial charge in [-0.1, -0.05) is 13.3 Å². The number of rotatable bonds is 4. The molecule has 1 aromatic rings. The number of piperidine rings is 1. The highest BCUT2D eigenvalue weighted by atomic mass is 32.1. The lowest BCUT2D eigenvalue weighted by molar-refractivity contribution is -0.144. The lowest BCUT2D eigenvalue weighted by atomic mass is 10.0. The van der Waals surface area contributed by atoms with Gasteiger partial charge in [-0.15, -0.1) is 11.3 Å². The zero-order chi connectivity index (χ0) is 12.3. The van der Waals surface area contributed by atoms with Crippen LogP contribution in [0.15, 0.2) is 5.38 Å². The van der Waals surface area contributed by atoms with Crippen molar-refractivity contribution in [3.63, 3.8) is 0 Å². The molecule has 1 aliphatic heterocycles. The second-order valence-corrected chi connectivity index (χ2v) is 5.35. The summed E-state index contributed by atoms with van der Waals surface area (Å²) < 4.78 is 0. The molecule has 0 amide bonds. The van der Waals surface area contributed by atoms with E-state index in [-0.39, 0.29) is 6.04 Å². The van der Waals surface area contributed by atoms with Crippen LogP contribution in [0.3, 0.4) is 0 Å². The number of carbonyl (C=O) groups is 1. The number of aryl methyl sites for hydroxylation is 1. The molecule has 2 rings (SSSR count). The van der Waals surface area contributed by atoms with E-state index in [1.165, 1.54) is 0 Å². The molecule has 1 aliphatic rings. The smallest absolute Gasteiger partial charge is 0.320 e. The summed E-state index contributed by atoms with van der Waals surface area (Å²) in [5.41, 5.74) is 1.01. The van der Waals surface area contributed by atoms with Crippen LogP contribution in [0.4, 0.5) is 0 Å². The van der Waals surface area contributed by atoms with Crippen LogP contribution in [0.2, 0.25) is 0 Å². The molecule has 0 aromatic carbocycles. The molecule has 1 aromatic heterocycles. The summed E-state index contributed by atoms with van der Waals surface area (Å²) in [5.74, 6) is -0.698. The Balaban J connectivity index is 2.02. The molecule has 0 saturated carbocycles. The van der Waals surface area contributed by atoms with Gasteiger partial charge in [-0.3, -0.25) is 9.69 Å². The average Bonchev–Trinajstić information content (AvgIpc) is 2.77. The number of thiazole rings is 1. The molecule has 0 bridgehead atoms. The van der Waals surface area contributed by atoms with Crippen LogP contribution < -0.4 is 0 Å². The highest BCUT2D eigenvalue weighted by Crippen LogP contribution is 2.20. The third kappa shape index (κ3) is 3.04. The highest BCUT2D eigenvalue weighted by molar-refractivity contribution is 7.09. The van der Waals surface area contributed by atoms with E-state index in [1.54, 1.807) is 11.3 Å². The van der Waals surface area contributed by atoms with Crippen molar-refractivity contribution in [3.8, 4) is 0 Å².